The fraction of sp³-hybridized carbons (Fsp3) is 0.500. The molecular weight excluding hydrogens is 266 g/mol. The van der Waals surface area contributed by atoms with Crippen molar-refractivity contribution in [1.82, 2.24) is 10.6 Å². The maximum Gasteiger partial charge on any atom is 0.227 e. The van der Waals surface area contributed by atoms with Gasteiger partial charge in [-0.15, -0.1) is 0 Å². The summed E-state index contributed by atoms with van der Waals surface area (Å²) in [4.78, 5) is 25.2. The summed E-state index contributed by atoms with van der Waals surface area (Å²) in [6.07, 6.45) is 2.92. The molecule has 1 aliphatic heterocycles. The van der Waals surface area contributed by atoms with Gasteiger partial charge in [-0.2, -0.15) is 0 Å². The second kappa shape index (κ2) is 7.78. The van der Waals surface area contributed by atoms with E-state index in [4.69, 9.17) is 0 Å². The van der Waals surface area contributed by atoms with Gasteiger partial charge in [0.2, 0.25) is 11.8 Å². The summed E-state index contributed by atoms with van der Waals surface area (Å²) in [6, 6.07) is 7.83. The number of nitrogens with one attached hydrogen (secondary N) is 2. The van der Waals surface area contributed by atoms with Crippen molar-refractivity contribution in [2.45, 2.75) is 32.2 Å². The van der Waals surface area contributed by atoms with E-state index < -0.39 is 0 Å². The highest BCUT2D eigenvalue weighted by atomic mass is 16.2. The number of nitrogens with zero attached hydrogens (tertiary/aromatic N) is 1. The molecule has 114 valence electrons. The van der Waals surface area contributed by atoms with E-state index in [1.807, 2.05) is 36.2 Å². The monoisotopic (exact) mass is 289 g/mol. The molecule has 2 amide bonds. The molecule has 0 saturated carbocycles. The zero-order chi connectivity index (χ0) is 15.1. The Kier molecular flexibility index (Phi) is 5.75. The van der Waals surface area contributed by atoms with Crippen LogP contribution in [0.25, 0.3) is 0 Å². The smallest absolute Gasteiger partial charge is 0.227 e. The Morgan fingerprint density at radius 2 is 2.24 bits per heavy atom. The van der Waals surface area contributed by atoms with Gasteiger partial charge in [-0.25, -0.2) is 0 Å². The maximum absolute atomic E-state index is 11.7. The molecule has 1 aromatic carbocycles. The van der Waals surface area contributed by atoms with E-state index in [0.717, 1.165) is 37.2 Å². The van der Waals surface area contributed by atoms with Crippen LogP contribution in [0.4, 0.5) is 5.69 Å². The van der Waals surface area contributed by atoms with Gasteiger partial charge in [-0.1, -0.05) is 12.1 Å². The van der Waals surface area contributed by atoms with Crippen molar-refractivity contribution in [2.24, 2.45) is 0 Å². The molecule has 2 rings (SSSR count). The molecule has 1 aliphatic rings. The third kappa shape index (κ3) is 4.56. The van der Waals surface area contributed by atoms with Crippen molar-refractivity contribution < 1.29 is 9.59 Å². The highest BCUT2D eigenvalue weighted by Gasteiger charge is 2.21. The molecule has 0 atom stereocenters. The molecule has 21 heavy (non-hydrogen) atoms. The van der Waals surface area contributed by atoms with Crippen LogP contribution in [-0.4, -0.2) is 32.0 Å². The van der Waals surface area contributed by atoms with Crippen molar-refractivity contribution in [3.05, 3.63) is 29.8 Å². The maximum atomic E-state index is 11.7. The number of carbonyl (C=O) groups excluding carboxylic acids is 2. The van der Waals surface area contributed by atoms with Gasteiger partial charge in [0.25, 0.3) is 0 Å². The number of amides is 2. The van der Waals surface area contributed by atoms with Gasteiger partial charge in [0.1, 0.15) is 0 Å². The predicted molar refractivity (Wildman–Crippen MR) is 83.0 cm³/mol. The minimum absolute atomic E-state index is 0.0629. The summed E-state index contributed by atoms with van der Waals surface area (Å²) >= 11 is 0. The summed E-state index contributed by atoms with van der Waals surface area (Å²) in [5, 5.41) is 5.94. The quantitative estimate of drug-likeness (QED) is 0.747. The zero-order valence-corrected chi connectivity index (χ0v) is 12.5. The molecule has 1 fully saturated rings. The first kappa shape index (κ1) is 15.5. The molecule has 1 heterocycles. The first-order chi connectivity index (χ1) is 10.2. The number of hydrogen-bond acceptors (Lipinski definition) is 3. The Labute approximate surface area is 125 Å². The second-order valence-corrected chi connectivity index (χ2v) is 5.30. The Bertz CT molecular complexity index is 502. The van der Waals surface area contributed by atoms with Gasteiger partial charge in [0, 0.05) is 31.6 Å². The molecule has 0 bridgehead atoms. The SMILES string of the molecule is CNCCCC(=O)NCc1cccc(N2CCCC2=O)c1. The largest absolute Gasteiger partial charge is 0.352 e. The molecule has 0 radical (unpaired) electrons. The van der Waals surface area contributed by atoms with E-state index in [0.29, 0.717) is 19.4 Å². The first-order valence-corrected chi connectivity index (χ1v) is 7.51. The van der Waals surface area contributed by atoms with Gasteiger partial charge in [-0.3, -0.25) is 9.59 Å². The second-order valence-electron chi connectivity index (χ2n) is 5.30. The van der Waals surface area contributed by atoms with Crippen LogP contribution in [-0.2, 0) is 16.1 Å². The minimum atomic E-state index is 0.0629. The van der Waals surface area contributed by atoms with E-state index in [9.17, 15) is 9.59 Å². The Morgan fingerprint density at radius 3 is 2.95 bits per heavy atom. The normalized spacial score (nSPS) is 14.5. The lowest BCUT2D eigenvalue weighted by Crippen LogP contribution is -2.25. The fourth-order valence-electron chi connectivity index (χ4n) is 2.47. The van der Waals surface area contributed by atoms with Gasteiger partial charge >= 0.3 is 0 Å². The van der Waals surface area contributed by atoms with Crippen LogP contribution in [0.1, 0.15) is 31.2 Å². The Morgan fingerprint density at radius 1 is 1.38 bits per heavy atom. The lowest BCUT2D eigenvalue weighted by Gasteiger charge is -2.16. The molecule has 2 N–H and O–H groups in total. The Balaban J connectivity index is 1.86. The van der Waals surface area contributed by atoms with E-state index in [1.165, 1.54) is 0 Å². The molecule has 0 aromatic heterocycles. The molecular formula is C16H23N3O2. The van der Waals surface area contributed by atoms with Crippen molar-refractivity contribution >= 4 is 17.5 Å². The van der Waals surface area contributed by atoms with Gasteiger partial charge in [0.05, 0.1) is 0 Å². The van der Waals surface area contributed by atoms with Crippen molar-refractivity contribution in [3.63, 3.8) is 0 Å². The lowest BCUT2D eigenvalue weighted by molar-refractivity contribution is -0.121. The molecule has 0 aliphatic carbocycles. The summed E-state index contributed by atoms with van der Waals surface area (Å²) in [6.45, 7) is 2.15. The third-order valence-electron chi connectivity index (χ3n) is 3.62. The lowest BCUT2D eigenvalue weighted by atomic mass is 10.2. The molecule has 1 aromatic rings. The number of anilines is 1. The zero-order valence-electron chi connectivity index (χ0n) is 12.5. The fourth-order valence-corrected chi connectivity index (χ4v) is 2.47. The number of hydrogen-bond donors (Lipinski definition) is 2. The van der Waals surface area contributed by atoms with Crippen LogP contribution < -0.4 is 15.5 Å². The number of rotatable bonds is 7. The molecule has 0 spiro atoms. The van der Waals surface area contributed by atoms with Crippen LogP contribution in [0.5, 0.6) is 0 Å². The van der Waals surface area contributed by atoms with Crippen LogP contribution in [0.15, 0.2) is 24.3 Å². The topological polar surface area (TPSA) is 61.4 Å². The minimum Gasteiger partial charge on any atom is -0.352 e. The highest BCUT2D eigenvalue weighted by molar-refractivity contribution is 5.95. The van der Waals surface area contributed by atoms with Crippen LogP contribution in [0.3, 0.4) is 0 Å². The standard InChI is InChI=1S/C16H23N3O2/c1-17-9-3-7-15(20)18-12-13-5-2-6-14(11-13)19-10-4-8-16(19)21/h2,5-6,11,17H,3-4,7-10,12H2,1H3,(H,18,20). The third-order valence-corrected chi connectivity index (χ3v) is 3.62. The van der Waals surface area contributed by atoms with Gasteiger partial charge < -0.3 is 15.5 Å². The van der Waals surface area contributed by atoms with E-state index in [-0.39, 0.29) is 11.8 Å². The first-order valence-electron chi connectivity index (χ1n) is 7.51. The van der Waals surface area contributed by atoms with E-state index in [2.05, 4.69) is 10.6 Å². The number of benzene rings is 1. The summed E-state index contributed by atoms with van der Waals surface area (Å²) in [7, 11) is 1.88. The van der Waals surface area contributed by atoms with Crippen molar-refractivity contribution in [1.29, 1.82) is 0 Å². The van der Waals surface area contributed by atoms with E-state index >= 15 is 0 Å². The highest BCUT2D eigenvalue weighted by Crippen LogP contribution is 2.22. The van der Waals surface area contributed by atoms with Gasteiger partial charge in [0.15, 0.2) is 0 Å². The molecule has 0 unspecified atom stereocenters. The average Bonchev–Trinajstić information content (AvgIpc) is 2.92. The van der Waals surface area contributed by atoms with Crippen LogP contribution >= 0.6 is 0 Å². The van der Waals surface area contributed by atoms with Gasteiger partial charge in [-0.05, 0) is 44.1 Å². The average molecular weight is 289 g/mol. The van der Waals surface area contributed by atoms with E-state index in [1.54, 1.807) is 0 Å². The van der Waals surface area contributed by atoms with Crippen LogP contribution in [0.2, 0.25) is 0 Å². The molecule has 1 saturated heterocycles. The molecule has 5 nitrogen and oxygen atoms in total. The molecule has 5 heteroatoms. The van der Waals surface area contributed by atoms with Crippen LogP contribution in [0, 0.1) is 0 Å². The number of carbonyl (C=O) groups is 2. The Hall–Kier alpha value is -1.88. The summed E-state index contributed by atoms with van der Waals surface area (Å²) in [5.41, 5.74) is 1.95. The van der Waals surface area contributed by atoms with Crippen molar-refractivity contribution in [2.75, 3.05) is 25.0 Å². The summed E-state index contributed by atoms with van der Waals surface area (Å²) < 4.78 is 0. The van der Waals surface area contributed by atoms with Crippen molar-refractivity contribution in [3.8, 4) is 0 Å². The predicted octanol–water partition coefficient (Wildman–Crippen LogP) is 1.43. The summed E-state index contributed by atoms with van der Waals surface area (Å²) in [5.74, 6) is 0.246.